The van der Waals surface area contributed by atoms with Gasteiger partial charge < -0.3 is 15.2 Å². The van der Waals surface area contributed by atoms with Gasteiger partial charge in [-0.05, 0) is 24.5 Å². The van der Waals surface area contributed by atoms with Crippen LogP contribution in [0.1, 0.15) is 26.3 Å². The molecule has 2 N–H and O–H groups in total. The molecule has 4 heteroatoms. The van der Waals surface area contributed by atoms with Gasteiger partial charge in [0, 0.05) is 32.5 Å². The molecule has 96 valence electrons. The van der Waals surface area contributed by atoms with E-state index in [-0.39, 0.29) is 11.9 Å². The molecule has 0 saturated heterocycles. The Morgan fingerprint density at radius 1 is 1.41 bits per heavy atom. The normalized spacial score (nSPS) is 12.8. The molecule has 1 aromatic rings. The van der Waals surface area contributed by atoms with Crippen molar-refractivity contribution >= 4 is 5.91 Å². The number of hydrogen-bond donors (Lipinski definition) is 2. The van der Waals surface area contributed by atoms with Crippen LogP contribution in [0.4, 0.5) is 0 Å². The quantitative estimate of drug-likeness (QED) is 0.783. The molecular weight excluding hydrogens is 214 g/mol. The van der Waals surface area contributed by atoms with Crippen molar-refractivity contribution in [1.29, 1.82) is 0 Å². The fraction of sp³-hybridized carbons (Fsp3) is 0.615. The summed E-state index contributed by atoms with van der Waals surface area (Å²) in [6.45, 7) is 7.51. The second kappa shape index (κ2) is 6.45. The van der Waals surface area contributed by atoms with Crippen LogP contribution in [-0.4, -0.2) is 23.1 Å². The molecule has 4 nitrogen and oxygen atoms in total. The number of rotatable bonds is 6. The predicted molar refractivity (Wildman–Crippen MR) is 69.6 cm³/mol. The Bertz CT molecular complexity index is 357. The van der Waals surface area contributed by atoms with Crippen molar-refractivity contribution in [2.45, 2.75) is 33.4 Å². The largest absolute Gasteiger partial charge is 0.357 e. The molecule has 1 amide bonds. The van der Waals surface area contributed by atoms with Crippen molar-refractivity contribution in [3.8, 4) is 0 Å². The van der Waals surface area contributed by atoms with Crippen LogP contribution in [-0.2, 0) is 18.4 Å². The molecule has 0 saturated carbocycles. The standard InChI is InChI=1S/C13H23N3O/c1-10(2)7-15-13(17)11(3)14-8-12-5-6-16(4)9-12/h5-6,9-11,14H,7-8H2,1-4H3,(H,15,17). The van der Waals surface area contributed by atoms with Gasteiger partial charge in [-0.2, -0.15) is 0 Å². The minimum Gasteiger partial charge on any atom is -0.357 e. The molecule has 0 aromatic carbocycles. The van der Waals surface area contributed by atoms with E-state index in [4.69, 9.17) is 0 Å². The van der Waals surface area contributed by atoms with E-state index < -0.39 is 0 Å². The Morgan fingerprint density at radius 2 is 2.12 bits per heavy atom. The van der Waals surface area contributed by atoms with Gasteiger partial charge in [0.05, 0.1) is 6.04 Å². The topological polar surface area (TPSA) is 46.1 Å². The van der Waals surface area contributed by atoms with Crippen LogP contribution in [0.15, 0.2) is 18.5 Å². The van der Waals surface area contributed by atoms with Gasteiger partial charge in [0.1, 0.15) is 0 Å². The summed E-state index contributed by atoms with van der Waals surface area (Å²) in [5.41, 5.74) is 1.19. The summed E-state index contributed by atoms with van der Waals surface area (Å²) >= 11 is 0. The monoisotopic (exact) mass is 237 g/mol. The van der Waals surface area contributed by atoms with Gasteiger partial charge in [0.25, 0.3) is 0 Å². The van der Waals surface area contributed by atoms with E-state index in [2.05, 4.69) is 24.5 Å². The molecule has 0 bridgehead atoms. The fourth-order valence-electron chi connectivity index (χ4n) is 1.49. The molecule has 1 atom stereocenters. The van der Waals surface area contributed by atoms with Crippen LogP contribution in [0, 0.1) is 5.92 Å². The highest BCUT2D eigenvalue weighted by molar-refractivity contribution is 5.81. The number of carbonyl (C=O) groups is 1. The van der Waals surface area contributed by atoms with Crippen LogP contribution >= 0.6 is 0 Å². The summed E-state index contributed by atoms with van der Waals surface area (Å²) in [5, 5.41) is 6.13. The van der Waals surface area contributed by atoms with E-state index in [9.17, 15) is 4.79 Å². The summed E-state index contributed by atoms with van der Waals surface area (Å²) < 4.78 is 2.00. The van der Waals surface area contributed by atoms with E-state index in [0.717, 1.165) is 13.1 Å². The summed E-state index contributed by atoms with van der Waals surface area (Å²) in [7, 11) is 1.99. The highest BCUT2D eigenvalue weighted by Gasteiger charge is 2.11. The van der Waals surface area contributed by atoms with E-state index in [1.165, 1.54) is 5.56 Å². The lowest BCUT2D eigenvalue weighted by Gasteiger charge is -2.14. The second-order valence-electron chi connectivity index (χ2n) is 4.93. The van der Waals surface area contributed by atoms with Gasteiger partial charge in [0.2, 0.25) is 5.91 Å². The van der Waals surface area contributed by atoms with Crippen LogP contribution in [0.2, 0.25) is 0 Å². The molecule has 1 aromatic heterocycles. The van der Waals surface area contributed by atoms with Crippen LogP contribution in [0.5, 0.6) is 0 Å². The highest BCUT2D eigenvalue weighted by Crippen LogP contribution is 1.99. The number of nitrogens with zero attached hydrogens (tertiary/aromatic N) is 1. The van der Waals surface area contributed by atoms with E-state index in [1.807, 2.05) is 37.0 Å². The molecule has 0 aliphatic heterocycles. The van der Waals surface area contributed by atoms with Crippen LogP contribution in [0.25, 0.3) is 0 Å². The third-order valence-corrected chi connectivity index (χ3v) is 2.58. The van der Waals surface area contributed by atoms with Gasteiger partial charge in [-0.25, -0.2) is 0 Å². The number of amides is 1. The van der Waals surface area contributed by atoms with E-state index in [0.29, 0.717) is 5.92 Å². The average molecular weight is 237 g/mol. The molecule has 1 rings (SSSR count). The van der Waals surface area contributed by atoms with Gasteiger partial charge in [0.15, 0.2) is 0 Å². The Balaban J connectivity index is 2.29. The van der Waals surface area contributed by atoms with Gasteiger partial charge in [-0.3, -0.25) is 4.79 Å². The zero-order chi connectivity index (χ0) is 12.8. The first-order valence-electron chi connectivity index (χ1n) is 6.11. The number of hydrogen-bond acceptors (Lipinski definition) is 2. The number of carbonyl (C=O) groups excluding carboxylic acids is 1. The first kappa shape index (κ1) is 13.8. The first-order valence-corrected chi connectivity index (χ1v) is 6.11. The molecule has 1 unspecified atom stereocenters. The lowest BCUT2D eigenvalue weighted by atomic mass is 10.2. The summed E-state index contributed by atoms with van der Waals surface area (Å²) in [5.74, 6) is 0.551. The summed E-state index contributed by atoms with van der Waals surface area (Å²) in [4.78, 5) is 11.7. The SMILES string of the molecule is CC(C)CNC(=O)C(C)NCc1ccn(C)c1. The van der Waals surface area contributed by atoms with Crippen LogP contribution < -0.4 is 10.6 Å². The first-order chi connectivity index (χ1) is 7.99. The zero-order valence-electron chi connectivity index (χ0n) is 11.2. The third-order valence-electron chi connectivity index (χ3n) is 2.58. The maximum atomic E-state index is 11.7. The van der Waals surface area contributed by atoms with Crippen LogP contribution in [0.3, 0.4) is 0 Å². The Hall–Kier alpha value is -1.29. The second-order valence-corrected chi connectivity index (χ2v) is 4.93. The molecule has 0 aliphatic carbocycles. The van der Waals surface area contributed by atoms with Crippen molar-refractivity contribution in [1.82, 2.24) is 15.2 Å². The summed E-state index contributed by atoms with van der Waals surface area (Å²) in [6.07, 6.45) is 4.05. The fourth-order valence-corrected chi connectivity index (χ4v) is 1.49. The lowest BCUT2D eigenvalue weighted by molar-refractivity contribution is -0.122. The third kappa shape index (κ3) is 5.04. The predicted octanol–water partition coefficient (Wildman–Crippen LogP) is 1.28. The molecule has 1 heterocycles. The Morgan fingerprint density at radius 3 is 2.65 bits per heavy atom. The molecule has 0 radical (unpaired) electrons. The van der Waals surface area contributed by atoms with Crippen molar-refractivity contribution in [3.63, 3.8) is 0 Å². The minimum absolute atomic E-state index is 0.0645. The molecular formula is C13H23N3O. The average Bonchev–Trinajstić information content (AvgIpc) is 2.68. The minimum atomic E-state index is -0.158. The maximum Gasteiger partial charge on any atom is 0.236 e. The van der Waals surface area contributed by atoms with Gasteiger partial charge >= 0.3 is 0 Å². The molecule has 17 heavy (non-hydrogen) atoms. The number of nitrogens with one attached hydrogen (secondary N) is 2. The van der Waals surface area contributed by atoms with Gasteiger partial charge in [-0.15, -0.1) is 0 Å². The highest BCUT2D eigenvalue weighted by atomic mass is 16.2. The van der Waals surface area contributed by atoms with Gasteiger partial charge in [-0.1, -0.05) is 13.8 Å². The molecule has 0 fully saturated rings. The maximum absolute atomic E-state index is 11.7. The van der Waals surface area contributed by atoms with E-state index in [1.54, 1.807) is 0 Å². The van der Waals surface area contributed by atoms with Crippen molar-refractivity contribution < 1.29 is 4.79 Å². The molecule has 0 spiro atoms. The van der Waals surface area contributed by atoms with Crippen molar-refractivity contribution in [2.24, 2.45) is 13.0 Å². The molecule has 0 aliphatic rings. The van der Waals surface area contributed by atoms with Crippen molar-refractivity contribution in [3.05, 3.63) is 24.0 Å². The number of aryl methyl sites for hydroxylation is 1. The zero-order valence-corrected chi connectivity index (χ0v) is 11.2. The Labute approximate surface area is 103 Å². The number of aromatic nitrogens is 1. The van der Waals surface area contributed by atoms with E-state index >= 15 is 0 Å². The smallest absolute Gasteiger partial charge is 0.236 e. The Kier molecular flexibility index (Phi) is 5.22. The summed E-state index contributed by atoms with van der Waals surface area (Å²) in [6, 6.07) is 1.89. The van der Waals surface area contributed by atoms with Crippen molar-refractivity contribution in [2.75, 3.05) is 6.54 Å². The lowest BCUT2D eigenvalue weighted by Crippen LogP contribution is -2.42.